The number of carbonyl (C=O) groups excluding carboxylic acids is 1. The van der Waals surface area contributed by atoms with Crippen molar-refractivity contribution in [1.82, 2.24) is 0 Å². The van der Waals surface area contributed by atoms with Crippen molar-refractivity contribution in [2.24, 2.45) is 0 Å². The Hall–Kier alpha value is -1.78. The first kappa shape index (κ1) is 23.5. The molecule has 0 aliphatic heterocycles. The molecule has 0 fully saturated rings. The highest BCUT2D eigenvalue weighted by Crippen LogP contribution is 2.47. The molecule has 0 saturated carbocycles. The lowest BCUT2D eigenvalue weighted by Crippen LogP contribution is -2.27. The van der Waals surface area contributed by atoms with Gasteiger partial charge in [0.05, 0.1) is 5.56 Å². The minimum Gasteiger partial charge on any atom is -0.542 e. The van der Waals surface area contributed by atoms with Crippen molar-refractivity contribution in [2.75, 3.05) is 0 Å². The van der Waals surface area contributed by atoms with Crippen LogP contribution in [0, 0.1) is 0 Å². The lowest BCUT2D eigenvalue weighted by Gasteiger charge is -2.35. The van der Waals surface area contributed by atoms with Crippen LogP contribution in [0.15, 0.2) is 36.4 Å². The number of ether oxygens (including phenoxy) is 1. The average Bonchev–Trinajstić information content (AvgIpc) is 2.58. The van der Waals surface area contributed by atoms with Crippen molar-refractivity contribution in [1.29, 1.82) is 0 Å². The molecule has 0 spiro atoms. The van der Waals surface area contributed by atoms with Crippen LogP contribution in [0.3, 0.4) is 0 Å². The van der Waals surface area contributed by atoms with E-state index in [4.69, 9.17) is 20.8 Å². The van der Waals surface area contributed by atoms with Crippen molar-refractivity contribution >= 4 is 25.9 Å². The number of hydrogen-bond donors (Lipinski definition) is 0. The Morgan fingerprint density at radius 1 is 0.966 bits per heavy atom. The van der Waals surface area contributed by atoms with Gasteiger partial charge in [-0.15, -0.1) is 0 Å². The molecule has 0 amide bonds. The molecule has 1 radical (unpaired) electrons. The van der Waals surface area contributed by atoms with E-state index in [1.807, 2.05) is 30.3 Å². The first-order chi connectivity index (χ1) is 13.3. The molecule has 0 aromatic heterocycles. The third-order valence-corrected chi connectivity index (χ3v) is 5.31. The number of halogens is 1. The molecule has 5 heteroatoms. The van der Waals surface area contributed by atoms with Crippen LogP contribution >= 0.6 is 11.6 Å². The highest BCUT2D eigenvalue weighted by Gasteiger charge is 2.35. The lowest BCUT2D eigenvalue weighted by atomic mass is 9.73. The monoisotopic (exact) mass is 431 g/mol. The molecular weight excluding hydrogens is 400 g/mol. The van der Waals surface area contributed by atoms with Gasteiger partial charge >= 0.3 is 0 Å². The van der Waals surface area contributed by atoms with Crippen LogP contribution < -0.4 is 9.16 Å². The Balaban J connectivity index is 2.77. The quantitative estimate of drug-likeness (QED) is 0.369. The van der Waals surface area contributed by atoms with E-state index in [1.54, 1.807) is 6.07 Å². The Labute approximate surface area is 182 Å². The van der Waals surface area contributed by atoms with Gasteiger partial charge in [-0.05, 0) is 47.2 Å². The lowest BCUT2D eigenvalue weighted by molar-refractivity contribution is 0.107. The molecule has 0 heterocycles. The van der Waals surface area contributed by atoms with Gasteiger partial charge in [0.2, 0.25) is 0 Å². The van der Waals surface area contributed by atoms with Crippen LogP contribution in [-0.2, 0) is 17.4 Å². The summed E-state index contributed by atoms with van der Waals surface area (Å²) in [6, 6.07) is 11.8. The van der Waals surface area contributed by atoms with Crippen LogP contribution in [0.1, 0.15) is 68.6 Å². The van der Waals surface area contributed by atoms with Crippen LogP contribution in [0.5, 0.6) is 11.5 Å². The first-order valence-corrected chi connectivity index (χ1v) is 12.7. The second-order valence-corrected chi connectivity index (χ2v) is 11.9. The third-order valence-electron chi connectivity index (χ3n) is 4.50. The van der Waals surface area contributed by atoms with E-state index in [2.05, 4.69) is 54.6 Å². The SMILES string of the molecule is C[Si](C)Oc1c(C(=O)Cl)cc(OCc2ccccc2)c(C(C)(C)C)c1C(C)(C)C. The maximum Gasteiger partial charge on any atom is 0.274 e. The number of carbonyl (C=O) groups is 1. The summed E-state index contributed by atoms with van der Waals surface area (Å²) in [5.74, 6) is 1.29. The molecule has 0 aliphatic carbocycles. The zero-order chi connectivity index (χ0) is 22.0. The molecule has 29 heavy (non-hydrogen) atoms. The van der Waals surface area contributed by atoms with Crippen LogP contribution in [0.2, 0.25) is 13.1 Å². The maximum absolute atomic E-state index is 12.4. The zero-order valence-electron chi connectivity index (χ0n) is 18.8. The summed E-state index contributed by atoms with van der Waals surface area (Å²) in [5.41, 5.74) is 3.01. The van der Waals surface area contributed by atoms with Crippen LogP contribution in [-0.4, -0.2) is 14.3 Å². The van der Waals surface area contributed by atoms with Crippen molar-refractivity contribution in [3.8, 4) is 11.5 Å². The van der Waals surface area contributed by atoms with Gasteiger partial charge in [0.1, 0.15) is 18.1 Å². The van der Waals surface area contributed by atoms with Gasteiger partial charge in [0, 0.05) is 11.1 Å². The van der Waals surface area contributed by atoms with Crippen molar-refractivity contribution < 1.29 is 14.0 Å². The van der Waals surface area contributed by atoms with E-state index in [0.29, 0.717) is 23.7 Å². The zero-order valence-corrected chi connectivity index (χ0v) is 20.5. The Morgan fingerprint density at radius 2 is 1.52 bits per heavy atom. The number of benzene rings is 2. The van der Waals surface area contributed by atoms with E-state index in [-0.39, 0.29) is 10.8 Å². The fourth-order valence-corrected chi connectivity index (χ4v) is 4.17. The summed E-state index contributed by atoms with van der Waals surface area (Å²) >= 11 is 6.01. The van der Waals surface area contributed by atoms with Gasteiger partial charge in [0.25, 0.3) is 14.3 Å². The second-order valence-electron chi connectivity index (χ2n) is 9.56. The normalized spacial score (nSPS) is 12.2. The molecule has 0 unspecified atom stereocenters. The molecule has 2 aromatic rings. The Kier molecular flexibility index (Phi) is 7.23. The average molecular weight is 432 g/mol. The number of hydrogen-bond acceptors (Lipinski definition) is 3. The molecule has 0 bridgehead atoms. The van der Waals surface area contributed by atoms with Crippen LogP contribution in [0.4, 0.5) is 0 Å². The van der Waals surface area contributed by atoms with Gasteiger partial charge in [-0.1, -0.05) is 71.9 Å². The van der Waals surface area contributed by atoms with E-state index >= 15 is 0 Å². The largest absolute Gasteiger partial charge is 0.542 e. The summed E-state index contributed by atoms with van der Waals surface area (Å²) in [6.07, 6.45) is 0. The molecule has 0 aliphatic rings. The molecule has 157 valence electrons. The summed E-state index contributed by atoms with van der Waals surface area (Å²) in [5, 5.41) is -0.529. The standard InChI is InChI=1S/C24H32ClO3Si/c1-23(2,3)19-18(27-15-16-12-10-9-11-13-16)14-17(22(25)26)21(28-29(7)8)20(19)24(4,5)6/h9-14H,15H2,1-8H3. The van der Waals surface area contributed by atoms with Gasteiger partial charge in [-0.3, -0.25) is 4.79 Å². The van der Waals surface area contributed by atoms with Crippen LogP contribution in [0.25, 0.3) is 0 Å². The molecule has 2 rings (SSSR count). The topological polar surface area (TPSA) is 35.5 Å². The Morgan fingerprint density at radius 3 is 1.97 bits per heavy atom. The molecule has 0 saturated heterocycles. The van der Waals surface area contributed by atoms with Crippen molar-refractivity contribution in [3.63, 3.8) is 0 Å². The van der Waals surface area contributed by atoms with Crippen molar-refractivity contribution in [2.45, 2.75) is 72.1 Å². The van der Waals surface area contributed by atoms with E-state index in [9.17, 15) is 4.79 Å². The predicted octanol–water partition coefficient (Wildman–Crippen LogP) is 6.87. The van der Waals surface area contributed by atoms with E-state index < -0.39 is 14.3 Å². The molecular formula is C24H32ClO3Si. The van der Waals surface area contributed by atoms with Gasteiger partial charge in [-0.25, -0.2) is 0 Å². The molecule has 2 aromatic carbocycles. The summed E-state index contributed by atoms with van der Waals surface area (Å²) in [7, 11) is -1.10. The minimum absolute atomic E-state index is 0.213. The minimum atomic E-state index is -1.10. The second kappa shape index (κ2) is 8.93. The molecule has 3 nitrogen and oxygen atoms in total. The Bertz CT molecular complexity index is 862. The summed E-state index contributed by atoms with van der Waals surface area (Å²) < 4.78 is 12.5. The van der Waals surface area contributed by atoms with Gasteiger partial charge < -0.3 is 9.16 Å². The van der Waals surface area contributed by atoms with Gasteiger partial charge in [0.15, 0.2) is 0 Å². The predicted molar refractivity (Wildman–Crippen MR) is 123 cm³/mol. The first-order valence-electron chi connectivity index (χ1n) is 9.89. The van der Waals surface area contributed by atoms with Crippen molar-refractivity contribution in [3.05, 3.63) is 58.7 Å². The fourth-order valence-electron chi connectivity index (χ4n) is 3.41. The maximum atomic E-state index is 12.4. The smallest absolute Gasteiger partial charge is 0.274 e. The third kappa shape index (κ3) is 5.86. The molecule has 0 N–H and O–H groups in total. The number of rotatable bonds is 6. The highest BCUT2D eigenvalue weighted by atomic mass is 35.5. The van der Waals surface area contributed by atoms with E-state index in [0.717, 1.165) is 16.7 Å². The fraction of sp³-hybridized carbons (Fsp3) is 0.458. The van der Waals surface area contributed by atoms with E-state index in [1.165, 1.54) is 0 Å². The van der Waals surface area contributed by atoms with Gasteiger partial charge in [-0.2, -0.15) is 0 Å². The highest BCUT2D eigenvalue weighted by molar-refractivity contribution is 6.68. The summed E-state index contributed by atoms with van der Waals surface area (Å²) in [4.78, 5) is 12.4. The molecule has 0 atom stereocenters. The summed E-state index contributed by atoms with van der Waals surface area (Å²) in [6.45, 7) is 17.4.